The van der Waals surface area contributed by atoms with Gasteiger partial charge in [0.15, 0.2) is 0 Å². The Morgan fingerprint density at radius 1 is 1.37 bits per heavy atom. The molecule has 0 spiro atoms. The molecule has 1 unspecified atom stereocenters. The molecule has 1 aromatic heterocycles. The summed E-state index contributed by atoms with van der Waals surface area (Å²) in [5.41, 5.74) is 10.3. The highest BCUT2D eigenvalue weighted by Crippen LogP contribution is 2.36. The predicted molar refractivity (Wildman–Crippen MR) is 84.6 cm³/mol. The number of hydrogen-bond donors (Lipinski definition) is 1. The van der Waals surface area contributed by atoms with Gasteiger partial charge in [0.1, 0.15) is 0 Å². The molecule has 1 aliphatic heterocycles. The Balaban J connectivity index is 2.21. The molecule has 2 aromatic rings. The van der Waals surface area contributed by atoms with Gasteiger partial charge in [0, 0.05) is 22.6 Å². The number of nitrogens with two attached hydrogens (primary N) is 1. The predicted octanol–water partition coefficient (Wildman–Crippen LogP) is 4.05. The van der Waals surface area contributed by atoms with Crippen molar-refractivity contribution in [3.63, 3.8) is 0 Å². The Morgan fingerprint density at radius 3 is 2.84 bits per heavy atom. The van der Waals surface area contributed by atoms with Gasteiger partial charge in [0.05, 0.1) is 5.52 Å². The number of aromatic nitrogens is 1. The second kappa shape index (κ2) is 4.95. The SMILES string of the molecule is CC(C)C(CN)c1cc2c3c(c1)c(Br)cn3CCC2. The summed E-state index contributed by atoms with van der Waals surface area (Å²) in [6.45, 7) is 6.38. The van der Waals surface area contributed by atoms with E-state index < -0.39 is 0 Å². The normalized spacial score (nSPS) is 16.3. The quantitative estimate of drug-likeness (QED) is 0.908. The lowest BCUT2D eigenvalue weighted by molar-refractivity contribution is 0.506. The van der Waals surface area contributed by atoms with E-state index in [9.17, 15) is 0 Å². The summed E-state index contributed by atoms with van der Waals surface area (Å²) in [5.74, 6) is 1.04. The van der Waals surface area contributed by atoms with Crippen molar-refractivity contribution >= 4 is 26.8 Å². The molecule has 1 aromatic carbocycles. The number of hydrogen-bond acceptors (Lipinski definition) is 1. The van der Waals surface area contributed by atoms with E-state index in [-0.39, 0.29) is 0 Å². The van der Waals surface area contributed by atoms with Gasteiger partial charge in [-0.2, -0.15) is 0 Å². The highest BCUT2D eigenvalue weighted by molar-refractivity contribution is 9.10. The van der Waals surface area contributed by atoms with Gasteiger partial charge >= 0.3 is 0 Å². The third-order valence-corrected chi connectivity index (χ3v) is 4.99. The van der Waals surface area contributed by atoms with Crippen LogP contribution in [0.2, 0.25) is 0 Å². The van der Waals surface area contributed by atoms with Crippen molar-refractivity contribution in [3.05, 3.63) is 33.9 Å². The Morgan fingerprint density at radius 2 is 2.16 bits per heavy atom. The molecular weight excluding hydrogens is 300 g/mol. The molecule has 0 saturated heterocycles. The molecular formula is C16H21BrN2. The first kappa shape index (κ1) is 13.2. The van der Waals surface area contributed by atoms with E-state index in [1.165, 1.54) is 39.3 Å². The smallest absolute Gasteiger partial charge is 0.0524 e. The first-order valence-electron chi connectivity index (χ1n) is 7.13. The standard InChI is InChI=1S/C16H21BrN2/c1-10(2)14(8-18)12-6-11-4-3-5-19-9-15(17)13(7-12)16(11)19/h6-7,9-10,14H,3-5,8,18H2,1-2H3. The molecule has 0 fully saturated rings. The molecule has 1 atom stereocenters. The Labute approximate surface area is 123 Å². The summed E-state index contributed by atoms with van der Waals surface area (Å²) in [6, 6.07) is 4.73. The average molecular weight is 321 g/mol. The second-order valence-corrected chi connectivity index (χ2v) is 6.79. The topological polar surface area (TPSA) is 30.9 Å². The molecule has 2 N–H and O–H groups in total. The Kier molecular flexibility index (Phi) is 3.44. The molecule has 0 aliphatic carbocycles. The van der Waals surface area contributed by atoms with E-state index in [2.05, 4.69) is 52.7 Å². The zero-order chi connectivity index (χ0) is 13.6. The summed E-state index contributed by atoms with van der Waals surface area (Å²) < 4.78 is 3.60. The molecule has 0 amide bonds. The minimum Gasteiger partial charge on any atom is -0.346 e. The van der Waals surface area contributed by atoms with Crippen molar-refractivity contribution in [1.29, 1.82) is 0 Å². The van der Waals surface area contributed by atoms with Gasteiger partial charge in [-0.05, 0) is 64.3 Å². The summed E-state index contributed by atoms with van der Waals surface area (Å²) in [7, 11) is 0. The van der Waals surface area contributed by atoms with Crippen LogP contribution in [0.25, 0.3) is 10.9 Å². The third kappa shape index (κ3) is 2.13. The molecule has 0 bridgehead atoms. The minimum atomic E-state index is 0.456. The summed E-state index contributed by atoms with van der Waals surface area (Å²) in [5, 5.41) is 1.35. The fraction of sp³-hybridized carbons (Fsp3) is 0.500. The van der Waals surface area contributed by atoms with Crippen LogP contribution in [0.5, 0.6) is 0 Å². The van der Waals surface area contributed by atoms with E-state index in [0.29, 0.717) is 11.8 Å². The summed E-state index contributed by atoms with van der Waals surface area (Å²) >= 11 is 3.71. The highest BCUT2D eigenvalue weighted by Gasteiger charge is 2.20. The lowest BCUT2D eigenvalue weighted by atomic mass is 9.86. The van der Waals surface area contributed by atoms with E-state index in [1.54, 1.807) is 0 Å². The molecule has 2 heterocycles. The second-order valence-electron chi connectivity index (χ2n) is 5.94. The maximum absolute atomic E-state index is 5.98. The van der Waals surface area contributed by atoms with E-state index in [4.69, 9.17) is 5.73 Å². The van der Waals surface area contributed by atoms with Crippen LogP contribution in [-0.4, -0.2) is 11.1 Å². The van der Waals surface area contributed by atoms with Gasteiger partial charge < -0.3 is 10.3 Å². The van der Waals surface area contributed by atoms with E-state index in [0.717, 1.165) is 13.1 Å². The fourth-order valence-electron chi connectivity index (χ4n) is 3.33. The zero-order valence-electron chi connectivity index (χ0n) is 11.6. The number of halogens is 1. The number of rotatable bonds is 3. The van der Waals surface area contributed by atoms with Gasteiger partial charge in [0.2, 0.25) is 0 Å². The minimum absolute atomic E-state index is 0.456. The van der Waals surface area contributed by atoms with Crippen LogP contribution >= 0.6 is 15.9 Å². The van der Waals surface area contributed by atoms with Crippen molar-refractivity contribution in [2.24, 2.45) is 11.7 Å². The van der Waals surface area contributed by atoms with Crippen LogP contribution in [0.15, 0.2) is 22.8 Å². The molecule has 2 nitrogen and oxygen atoms in total. The molecule has 1 aliphatic rings. The van der Waals surface area contributed by atoms with Crippen molar-refractivity contribution in [2.75, 3.05) is 6.54 Å². The van der Waals surface area contributed by atoms with Gasteiger partial charge in [-0.1, -0.05) is 19.9 Å². The average Bonchev–Trinajstić information content (AvgIpc) is 2.68. The maximum atomic E-state index is 5.98. The van der Waals surface area contributed by atoms with Gasteiger partial charge in [-0.25, -0.2) is 0 Å². The van der Waals surface area contributed by atoms with Crippen molar-refractivity contribution in [3.8, 4) is 0 Å². The maximum Gasteiger partial charge on any atom is 0.0524 e. The largest absolute Gasteiger partial charge is 0.346 e. The number of benzene rings is 1. The third-order valence-electron chi connectivity index (χ3n) is 4.36. The van der Waals surface area contributed by atoms with E-state index in [1.807, 2.05) is 0 Å². The Bertz CT molecular complexity index is 613. The first-order valence-corrected chi connectivity index (χ1v) is 7.92. The van der Waals surface area contributed by atoms with Crippen LogP contribution in [0, 0.1) is 5.92 Å². The summed E-state index contributed by atoms with van der Waals surface area (Å²) in [4.78, 5) is 0. The number of aryl methyl sites for hydroxylation is 2. The molecule has 102 valence electrons. The van der Waals surface area contributed by atoms with Crippen LogP contribution < -0.4 is 5.73 Å². The van der Waals surface area contributed by atoms with Crippen LogP contribution in [0.4, 0.5) is 0 Å². The molecule has 0 radical (unpaired) electrons. The van der Waals surface area contributed by atoms with Gasteiger partial charge in [0.25, 0.3) is 0 Å². The fourth-order valence-corrected chi connectivity index (χ4v) is 3.87. The van der Waals surface area contributed by atoms with Crippen molar-refractivity contribution < 1.29 is 0 Å². The van der Waals surface area contributed by atoms with Crippen LogP contribution in [0.3, 0.4) is 0 Å². The molecule has 0 saturated carbocycles. The molecule has 3 rings (SSSR count). The highest BCUT2D eigenvalue weighted by atomic mass is 79.9. The summed E-state index contributed by atoms with van der Waals surface area (Å²) in [6.07, 6.45) is 4.65. The van der Waals surface area contributed by atoms with Crippen molar-refractivity contribution in [1.82, 2.24) is 4.57 Å². The van der Waals surface area contributed by atoms with Gasteiger partial charge in [-0.15, -0.1) is 0 Å². The van der Waals surface area contributed by atoms with Crippen molar-refractivity contribution in [2.45, 2.75) is 39.2 Å². The zero-order valence-corrected chi connectivity index (χ0v) is 13.2. The molecule has 3 heteroatoms. The lowest BCUT2D eigenvalue weighted by Crippen LogP contribution is -2.18. The Hall–Kier alpha value is -0.800. The van der Waals surface area contributed by atoms with Crippen LogP contribution in [-0.2, 0) is 13.0 Å². The van der Waals surface area contributed by atoms with Crippen LogP contribution in [0.1, 0.15) is 37.3 Å². The lowest BCUT2D eigenvalue weighted by Gasteiger charge is -2.22. The van der Waals surface area contributed by atoms with Gasteiger partial charge in [-0.3, -0.25) is 0 Å². The first-order chi connectivity index (χ1) is 9.11. The monoisotopic (exact) mass is 320 g/mol. The molecule has 19 heavy (non-hydrogen) atoms. The van der Waals surface area contributed by atoms with E-state index >= 15 is 0 Å². The number of nitrogens with zero attached hydrogens (tertiary/aromatic N) is 1.